The van der Waals surface area contributed by atoms with Crippen molar-refractivity contribution in [2.24, 2.45) is 5.92 Å². The molecule has 1 heterocycles. The normalized spacial score (nSPS) is 11.3. The molecule has 0 fully saturated rings. The lowest BCUT2D eigenvalue weighted by molar-refractivity contribution is 0.0944. The van der Waals surface area contributed by atoms with Gasteiger partial charge in [-0.1, -0.05) is 25.4 Å². The summed E-state index contributed by atoms with van der Waals surface area (Å²) >= 11 is 7.12. The molecule has 1 aromatic heterocycles. The fraction of sp³-hybridized carbons (Fsp3) is 0.545. The maximum atomic E-state index is 11.8. The molecule has 0 aliphatic heterocycles. The largest absolute Gasteiger partial charge is 0.299 e. The summed E-state index contributed by atoms with van der Waals surface area (Å²) in [5.41, 5.74) is 0. The molecule has 2 nitrogen and oxygen atoms in total. The average Bonchev–Trinajstić information content (AvgIpc) is 2.49. The van der Waals surface area contributed by atoms with E-state index >= 15 is 0 Å². The van der Waals surface area contributed by atoms with E-state index < -0.39 is 0 Å². The number of ketones is 1. The number of nitrogens with zero attached hydrogens (tertiary/aromatic N) is 1. The lowest BCUT2D eigenvalue weighted by atomic mass is 10.2. The Kier molecular flexibility index (Phi) is 4.77. The molecule has 1 aromatic rings. The number of hydrogen-bond donors (Lipinski definition) is 0. The standard InChI is InChI=1S/C11H16ClNOS/c1-8(2)6-13(3)7-9(14)10-4-5-11(12)15-10/h4-5,8H,6-7H2,1-3H3. The minimum Gasteiger partial charge on any atom is -0.299 e. The summed E-state index contributed by atoms with van der Waals surface area (Å²) in [6, 6.07) is 3.56. The Morgan fingerprint density at radius 3 is 2.67 bits per heavy atom. The third-order valence-electron chi connectivity index (χ3n) is 1.94. The van der Waals surface area contributed by atoms with Gasteiger partial charge in [0.1, 0.15) is 0 Å². The van der Waals surface area contributed by atoms with Crippen molar-refractivity contribution >= 4 is 28.7 Å². The first kappa shape index (κ1) is 12.7. The van der Waals surface area contributed by atoms with Crippen LogP contribution >= 0.6 is 22.9 Å². The van der Waals surface area contributed by atoms with Crippen LogP contribution in [0.4, 0.5) is 0 Å². The third kappa shape index (κ3) is 4.33. The second-order valence-corrected chi connectivity index (χ2v) is 5.83. The molecule has 0 spiro atoms. The van der Waals surface area contributed by atoms with Crippen LogP contribution in [0.5, 0.6) is 0 Å². The van der Waals surface area contributed by atoms with Gasteiger partial charge in [0.25, 0.3) is 0 Å². The number of hydrogen-bond acceptors (Lipinski definition) is 3. The zero-order chi connectivity index (χ0) is 11.4. The second-order valence-electron chi connectivity index (χ2n) is 4.12. The molecule has 0 saturated heterocycles. The zero-order valence-corrected chi connectivity index (χ0v) is 10.9. The monoisotopic (exact) mass is 245 g/mol. The van der Waals surface area contributed by atoms with E-state index in [4.69, 9.17) is 11.6 Å². The van der Waals surface area contributed by atoms with Crippen molar-refractivity contribution in [3.05, 3.63) is 21.3 Å². The van der Waals surface area contributed by atoms with Gasteiger partial charge in [-0.15, -0.1) is 11.3 Å². The molecule has 0 saturated carbocycles. The fourth-order valence-corrected chi connectivity index (χ4v) is 2.45. The summed E-state index contributed by atoms with van der Waals surface area (Å²) in [5, 5.41) is 0. The molecule has 84 valence electrons. The van der Waals surface area contributed by atoms with Gasteiger partial charge in [-0.05, 0) is 25.1 Å². The first-order valence-electron chi connectivity index (χ1n) is 4.96. The maximum absolute atomic E-state index is 11.8. The summed E-state index contributed by atoms with van der Waals surface area (Å²) in [6.07, 6.45) is 0. The van der Waals surface area contributed by atoms with E-state index in [0.29, 0.717) is 16.8 Å². The predicted octanol–water partition coefficient (Wildman–Crippen LogP) is 3.17. The van der Waals surface area contributed by atoms with Crippen LogP contribution in [-0.2, 0) is 0 Å². The Hall–Kier alpha value is -0.380. The molecule has 4 heteroatoms. The van der Waals surface area contributed by atoms with Gasteiger partial charge >= 0.3 is 0 Å². The smallest absolute Gasteiger partial charge is 0.186 e. The molecular formula is C11H16ClNOS. The third-order valence-corrected chi connectivity index (χ3v) is 3.21. The van der Waals surface area contributed by atoms with Gasteiger partial charge in [-0.2, -0.15) is 0 Å². The summed E-state index contributed by atoms with van der Waals surface area (Å²) in [6.45, 7) is 5.69. The lowest BCUT2D eigenvalue weighted by Gasteiger charge is -2.17. The highest BCUT2D eigenvalue weighted by atomic mass is 35.5. The van der Waals surface area contributed by atoms with E-state index in [1.54, 1.807) is 12.1 Å². The first-order valence-corrected chi connectivity index (χ1v) is 6.15. The Morgan fingerprint density at radius 2 is 2.20 bits per heavy atom. The van der Waals surface area contributed by atoms with Crippen molar-refractivity contribution < 1.29 is 4.79 Å². The Labute approximate surface area is 99.9 Å². The second kappa shape index (κ2) is 5.64. The minimum atomic E-state index is 0.148. The molecule has 0 amide bonds. The molecule has 0 aromatic carbocycles. The van der Waals surface area contributed by atoms with E-state index in [1.807, 2.05) is 11.9 Å². The number of rotatable bonds is 5. The van der Waals surface area contributed by atoms with Crippen LogP contribution in [0.3, 0.4) is 0 Å². The van der Waals surface area contributed by atoms with E-state index in [1.165, 1.54) is 11.3 Å². The SMILES string of the molecule is CC(C)CN(C)CC(=O)c1ccc(Cl)s1. The number of thiophene rings is 1. The molecule has 0 N–H and O–H groups in total. The minimum absolute atomic E-state index is 0.148. The van der Waals surface area contributed by atoms with Crippen molar-refractivity contribution in [3.8, 4) is 0 Å². The molecule has 0 bridgehead atoms. The molecule has 0 aliphatic rings. The first-order chi connectivity index (χ1) is 6.99. The number of halogens is 1. The van der Waals surface area contributed by atoms with Crippen LogP contribution in [0.2, 0.25) is 4.34 Å². The molecule has 15 heavy (non-hydrogen) atoms. The number of Topliss-reactive ketones (excluding diaryl/α,β-unsaturated/α-hetero) is 1. The molecule has 0 aliphatic carbocycles. The van der Waals surface area contributed by atoms with Gasteiger partial charge in [0.05, 0.1) is 15.8 Å². The van der Waals surface area contributed by atoms with Gasteiger partial charge in [0.15, 0.2) is 5.78 Å². The van der Waals surface area contributed by atoms with Crippen LogP contribution in [0.1, 0.15) is 23.5 Å². The quantitative estimate of drug-likeness (QED) is 0.743. The van der Waals surface area contributed by atoms with Crippen LogP contribution in [0.15, 0.2) is 12.1 Å². The zero-order valence-electron chi connectivity index (χ0n) is 9.29. The van der Waals surface area contributed by atoms with Crippen LogP contribution in [-0.4, -0.2) is 30.8 Å². The van der Waals surface area contributed by atoms with Gasteiger partial charge in [0.2, 0.25) is 0 Å². The van der Waals surface area contributed by atoms with E-state index in [-0.39, 0.29) is 5.78 Å². The number of likely N-dealkylation sites (N-methyl/N-ethyl adjacent to an activating group) is 1. The van der Waals surface area contributed by atoms with Crippen LogP contribution in [0.25, 0.3) is 0 Å². The van der Waals surface area contributed by atoms with Crippen molar-refractivity contribution in [1.82, 2.24) is 4.90 Å². The van der Waals surface area contributed by atoms with Crippen LogP contribution in [0, 0.1) is 5.92 Å². The highest BCUT2D eigenvalue weighted by molar-refractivity contribution is 7.18. The maximum Gasteiger partial charge on any atom is 0.186 e. The van der Waals surface area contributed by atoms with Crippen molar-refractivity contribution in [2.75, 3.05) is 20.1 Å². The summed E-state index contributed by atoms with van der Waals surface area (Å²) < 4.78 is 0.671. The van der Waals surface area contributed by atoms with Crippen molar-refractivity contribution in [3.63, 3.8) is 0 Å². The highest BCUT2D eigenvalue weighted by Gasteiger charge is 2.12. The number of carbonyl (C=O) groups is 1. The molecular weight excluding hydrogens is 230 g/mol. The number of carbonyl (C=O) groups excluding carboxylic acids is 1. The molecule has 0 radical (unpaired) electrons. The Balaban J connectivity index is 2.49. The van der Waals surface area contributed by atoms with E-state index in [0.717, 1.165) is 11.4 Å². The predicted molar refractivity (Wildman–Crippen MR) is 66.0 cm³/mol. The highest BCUT2D eigenvalue weighted by Crippen LogP contribution is 2.21. The van der Waals surface area contributed by atoms with Gasteiger partial charge in [-0.3, -0.25) is 9.69 Å². The Bertz CT molecular complexity index is 335. The van der Waals surface area contributed by atoms with E-state index in [2.05, 4.69) is 13.8 Å². The fourth-order valence-electron chi connectivity index (χ4n) is 1.48. The van der Waals surface area contributed by atoms with Crippen molar-refractivity contribution in [2.45, 2.75) is 13.8 Å². The molecule has 1 rings (SSSR count). The van der Waals surface area contributed by atoms with E-state index in [9.17, 15) is 4.79 Å². The summed E-state index contributed by atoms with van der Waals surface area (Å²) in [5.74, 6) is 0.727. The molecule has 0 atom stereocenters. The van der Waals surface area contributed by atoms with Crippen molar-refractivity contribution in [1.29, 1.82) is 0 Å². The topological polar surface area (TPSA) is 20.3 Å². The average molecular weight is 246 g/mol. The molecule has 0 unspecified atom stereocenters. The lowest BCUT2D eigenvalue weighted by Crippen LogP contribution is -2.29. The Morgan fingerprint density at radius 1 is 1.53 bits per heavy atom. The summed E-state index contributed by atoms with van der Waals surface area (Å²) in [4.78, 5) is 14.5. The van der Waals surface area contributed by atoms with Gasteiger partial charge < -0.3 is 0 Å². The van der Waals surface area contributed by atoms with Gasteiger partial charge in [0, 0.05) is 6.54 Å². The van der Waals surface area contributed by atoms with Crippen LogP contribution < -0.4 is 0 Å². The summed E-state index contributed by atoms with van der Waals surface area (Å²) in [7, 11) is 1.97. The van der Waals surface area contributed by atoms with Gasteiger partial charge in [-0.25, -0.2) is 0 Å².